The normalized spacial score (nSPS) is 13.5. The summed E-state index contributed by atoms with van der Waals surface area (Å²) in [5, 5.41) is 26.2. The summed E-state index contributed by atoms with van der Waals surface area (Å²) in [6.07, 6.45) is -2.85. The zero-order valence-electron chi connectivity index (χ0n) is 9.57. The van der Waals surface area contributed by atoms with Crippen molar-refractivity contribution < 1.29 is 43.9 Å². The molecule has 0 aliphatic rings. The number of carboxylic acid groups (broad SMARTS) is 1. The van der Waals surface area contributed by atoms with E-state index in [2.05, 4.69) is 14.2 Å². The molecule has 104 valence electrons. The smallest absolute Gasteiger partial charge is 0.333 e. The minimum Gasteiger partial charge on any atom is -0.479 e. The first-order valence-electron chi connectivity index (χ1n) is 4.77. The Hall–Kier alpha value is -1.71. The van der Waals surface area contributed by atoms with Gasteiger partial charge in [-0.1, -0.05) is 0 Å². The second kappa shape index (κ2) is 8.39. The van der Waals surface area contributed by atoms with Gasteiger partial charge in [-0.05, 0) is 0 Å². The molecule has 9 nitrogen and oxygen atoms in total. The lowest BCUT2D eigenvalue weighted by Gasteiger charge is -2.17. The highest BCUT2D eigenvalue weighted by Gasteiger charge is 2.35. The molecule has 3 N–H and O–H groups in total. The first-order valence-corrected chi connectivity index (χ1v) is 4.77. The van der Waals surface area contributed by atoms with Crippen molar-refractivity contribution in [2.24, 2.45) is 5.92 Å². The third-order valence-electron chi connectivity index (χ3n) is 1.87. The van der Waals surface area contributed by atoms with Crippen LogP contribution in [0.4, 0.5) is 0 Å². The lowest BCUT2D eigenvalue weighted by molar-refractivity contribution is -0.173. The number of methoxy groups -OCH3 is 1. The van der Waals surface area contributed by atoms with Gasteiger partial charge in [0.15, 0.2) is 19.7 Å². The molecule has 0 radical (unpaired) electrons. The van der Waals surface area contributed by atoms with Crippen LogP contribution >= 0.6 is 0 Å². The number of aliphatic hydroxyl groups excluding tert-OH is 2. The fourth-order valence-electron chi connectivity index (χ4n) is 1.03. The van der Waals surface area contributed by atoms with Gasteiger partial charge in [0.05, 0.1) is 6.42 Å². The number of rotatable bonds is 8. The second-order valence-electron chi connectivity index (χ2n) is 3.11. The SMILES string of the molecule is COCOC(=O)CC(C(=O)OCO)C(O)C(=O)O. The highest BCUT2D eigenvalue weighted by atomic mass is 16.7. The summed E-state index contributed by atoms with van der Waals surface area (Å²) in [7, 11) is 1.26. The van der Waals surface area contributed by atoms with Crippen LogP contribution in [-0.4, -0.2) is 60.0 Å². The van der Waals surface area contributed by atoms with Crippen LogP contribution in [0.5, 0.6) is 0 Å². The summed E-state index contributed by atoms with van der Waals surface area (Å²) in [4.78, 5) is 33.0. The van der Waals surface area contributed by atoms with Crippen molar-refractivity contribution in [3.05, 3.63) is 0 Å². The monoisotopic (exact) mass is 266 g/mol. The van der Waals surface area contributed by atoms with Crippen LogP contribution in [0, 0.1) is 5.92 Å². The summed E-state index contributed by atoms with van der Waals surface area (Å²) in [6, 6.07) is 0. The molecule has 0 rings (SSSR count). The number of esters is 2. The van der Waals surface area contributed by atoms with E-state index >= 15 is 0 Å². The second-order valence-corrected chi connectivity index (χ2v) is 3.11. The molecule has 0 aliphatic heterocycles. The first-order chi connectivity index (χ1) is 8.43. The maximum absolute atomic E-state index is 11.3. The molecule has 0 spiro atoms. The maximum atomic E-state index is 11.3. The number of aliphatic hydroxyl groups is 2. The summed E-state index contributed by atoms with van der Waals surface area (Å²) in [6.45, 7) is -1.36. The van der Waals surface area contributed by atoms with Crippen LogP contribution in [0.25, 0.3) is 0 Å². The van der Waals surface area contributed by atoms with Crippen molar-refractivity contribution in [1.82, 2.24) is 0 Å². The Bertz CT molecular complexity index is 300. The molecule has 0 aromatic heterocycles. The summed E-state index contributed by atoms with van der Waals surface area (Å²) < 4.78 is 13.0. The van der Waals surface area contributed by atoms with Gasteiger partial charge in [0.25, 0.3) is 0 Å². The average molecular weight is 266 g/mol. The van der Waals surface area contributed by atoms with E-state index < -0.39 is 43.1 Å². The fourth-order valence-corrected chi connectivity index (χ4v) is 1.03. The lowest BCUT2D eigenvalue weighted by Crippen LogP contribution is -2.37. The van der Waals surface area contributed by atoms with E-state index in [1.165, 1.54) is 7.11 Å². The van der Waals surface area contributed by atoms with Gasteiger partial charge in [0.1, 0.15) is 5.92 Å². The van der Waals surface area contributed by atoms with Crippen molar-refractivity contribution in [2.45, 2.75) is 12.5 Å². The molecule has 0 aromatic carbocycles. The number of hydrogen-bond donors (Lipinski definition) is 3. The topological polar surface area (TPSA) is 140 Å². The zero-order chi connectivity index (χ0) is 14.1. The lowest BCUT2D eigenvalue weighted by atomic mass is 9.99. The number of carbonyl (C=O) groups is 3. The van der Waals surface area contributed by atoms with Gasteiger partial charge in [-0.3, -0.25) is 9.59 Å². The fraction of sp³-hybridized carbons (Fsp3) is 0.667. The zero-order valence-corrected chi connectivity index (χ0v) is 9.57. The minimum atomic E-state index is -2.14. The van der Waals surface area contributed by atoms with Crippen molar-refractivity contribution >= 4 is 17.9 Å². The Morgan fingerprint density at radius 1 is 1.22 bits per heavy atom. The Morgan fingerprint density at radius 2 is 1.83 bits per heavy atom. The molecule has 0 fully saturated rings. The number of carbonyl (C=O) groups excluding carboxylic acids is 2. The van der Waals surface area contributed by atoms with Crippen molar-refractivity contribution in [3.63, 3.8) is 0 Å². The van der Waals surface area contributed by atoms with Crippen molar-refractivity contribution in [3.8, 4) is 0 Å². The molecule has 0 aliphatic carbocycles. The maximum Gasteiger partial charge on any atom is 0.333 e. The third-order valence-corrected chi connectivity index (χ3v) is 1.87. The molecule has 0 saturated heterocycles. The number of hydrogen-bond acceptors (Lipinski definition) is 8. The van der Waals surface area contributed by atoms with Gasteiger partial charge in [0.2, 0.25) is 0 Å². The minimum absolute atomic E-state index is 0.371. The Morgan fingerprint density at radius 3 is 2.28 bits per heavy atom. The van der Waals surface area contributed by atoms with Crippen LogP contribution in [0.15, 0.2) is 0 Å². The summed E-state index contributed by atoms with van der Waals surface area (Å²) in [5.41, 5.74) is 0. The highest BCUT2D eigenvalue weighted by molar-refractivity contribution is 5.86. The molecule has 2 atom stereocenters. The molecule has 2 unspecified atom stereocenters. The Balaban J connectivity index is 4.61. The van der Waals surface area contributed by atoms with Crippen molar-refractivity contribution in [1.29, 1.82) is 0 Å². The summed E-state index contributed by atoms with van der Waals surface area (Å²) in [5.74, 6) is -5.53. The number of carboxylic acids is 1. The third kappa shape index (κ3) is 5.57. The van der Waals surface area contributed by atoms with Crippen LogP contribution < -0.4 is 0 Å². The van der Waals surface area contributed by atoms with E-state index in [4.69, 9.17) is 10.2 Å². The van der Waals surface area contributed by atoms with E-state index in [-0.39, 0.29) is 6.79 Å². The van der Waals surface area contributed by atoms with E-state index in [0.29, 0.717) is 0 Å². The highest BCUT2D eigenvalue weighted by Crippen LogP contribution is 2.13. The molecule has 0 amide bonds. The average Bonchev–Trinajstić information content (AvgIpc) is 2.32. The Kier molecular flexibility index (Phi) is 7.59. The molecular weight excluding hydrogens is 252 g/mol. The van der Waals surface area contributed by atoms with Gasteiger partial charge < -0.3 is 29.5 Å². The van der Waals surface area contributed by atoms with Gasteiger partial charge >= 0.3 is 17.9 Å². The predicted octanol–water partition coefficient (Wildman–Crippen LogP) is -1.92. The van der Waals surface area contributed by atoms with Gasteiger partial charge in [0, 0.05) is 7.11 Å². The van der Waals surface area contributed by atoms with Crippen molar-refractivity contribution in [2.75, 3.05) is 20.7 Å². The molecule has 18 heavy (non-hydrogen) atoms. The van der Waals surface area contributed by atoms with Gasteiger partial charge in [-0.15, -0.1) is 0 Å². The van der Waals surface area contributed by atoms with Crippen LogP contribution in [0.1, 0.15) is 6.42 Å². The molecule has 0 saturated carbocycles. The van der Waals surface area contributed by atoms with Crippen LogP contribution in [0.3, 0.4) is 0 Å². The van der Waals surface area contributed by atoms with Gasteiger partial charge in [-0.2, -0.15) is 0 Å². The number of ether oxygens (including phenoxy) is 3. The standard InChI is InChI=1S/C9H14O9/c1-16-4-18-6(11)2-5(7(12)8(13)14)9(15)17-3-10/h5,7,10,12H,2-4H2,1H3,(H,13,14). The number of aliphatic carboxylic acids is 1. The molecule has 9 heteroatoms. The Labute approximate surface area is 102 Å². The van der Waals surface area contributed by atoms with Crippen LogP contribution in [0.2, 0.25) is 0 Å². The van der Waals surface area contributed by atoms with E-state index in [0.717, 1.165) is 0 Å². The van der Waals surface area contributed by atoms with E-state index in [9.17, 15) is 19.5 Å². The molecule has 0 bridgehead atoms. The van der Waals surface area contributed by atoms with Crippen LogP contribution in [-0.2, 0) is 28.6 Å². The predicted molar refractivity (Wildman–Crippen MR) is 52.9 cm³/mol. The van der Waals surface area contributed by atoms with E-state index in [1.54, 1.807) is 0 Å². The quantitative estimate of drug-likeness (QED) is 0.338. The first kappa shape index (κ1) is 16.3. The van der Waals surface area contributed by atoms with Gasteiger partial charge in [-0.25, -0.2) is 4.79 Å². The molecule has 0 heterocycles. The molecular formula is C9H14O9. The molecule has 0 aromatic rings. The summed E-state index contributed by atoms with van der Waals surface area (Å²) >= 11 is 0. The largest absolute Gasteiger partial charge is 0.479 e. The van der Waals surface area contributed by atoms with E-state index in [1.807, 2.05) is 0 Å².